The van der Waals surface area contributed by atoms with Gasteiger partial charge in [-0.25, -0.2) is 5.43 Å². The third-order valence-corrected chi connectivity index (χ3v) is 3.90. The standard InChI is InChI=1S/C17H16BrClN2O3/c1-11(12-3-6-14(23-2)7-4-12)20-21-17(22)10-24-16-8-5-13(18)9-15(16)19/h3-9H,10H2,1-2H3,(H,21,22)/b20-11+. The molecule has 0 aromatic heterocycles. The number of nitrogens with one attached hydrogen (secondary N) is 1. The van der Waals surface area contributed by atoms with Gasteiger partial charge in [-0.2, -0.15) is 5.10 Å². The van der Waals surface area contributed by atoms with E-state index in [1.165, 1.54) is 0 Å². The Balaban J connectivity index is 1.89. The lowest BCUT2D eigenvalue weighted by molar-refractivity contribution is -0.123. The summed E-state index contributed by atoms with van der Waals surface area (Å²) in [5, 5.41) is 4.48. The summed E-state index contributed by atoms with van der Waals surface area (Å²) >= 11 is 9.32. The maximum atomic E-state index is 11.8. The van der Waals surface area contributed by atoms with Crippen molar-refractivity contribution in [3.05, 3.63) is 57.5 Å². The van der Waals surface area contributed by atoms with E-state index >= 15 is 0 Å². The highest BCUT2D eigenvalue weighted by atomic mass is 79.9. The maximum absolute atomic E-state index is 11.8. The van der Waals surface area contributed by atoms with E-state index in [2.05, 4.69) is 26.5 Å². The largest absolute Gasteiger partial charge is 0.497 e. The number of nitrogens with zero attached hydrogens (tertiary/aromatic N) is 1. The number of carbonyl (C=O) groups excluding carboxylic acids is 1. The van der Waals surface area contributed by atoms with Crippen LogP contribution in [0.15, 0.2) is 52.0 Å². The van der Waals surface area contributed by atoms with Gasteiger partial charge in [-0.3, -0.25) is 4.79 Å². The minimum absolute atomic E-state index is 0.180. The third-order valence-electron chi connectivity index (χ3n) is 3.11. The van der Waals surface area contributed by atoms with Gasteiger partial charge in [0.25, 0.3) is 5.91 Å². The monoisotopic (exact) mass is 410 g/mol. The van der Waals surface area contributed by atoms with Crippen LogP contribution < -0.4 is 14.9 Å². The molecule has 0 fully saturated rings. The molecule has 126 valence electrons. The highest BCUT2D eigenvalue weighted by Gasteiger charge is 2.06. The molecule has 0 aliphatic carbocycles. The summed E-state index contributed by atoms with van der Waals surface area (Å²) in [5.41, 5.74) is 4.01. The van der Waals surface area contributed by atoms with E-state index in [4.69, 9.17) is 21.1 Å². The van der Waals surface area contributed by atoms with E-state index in [1.54, 1.807) is 32.2 Å². The first-order valence-corrected chi connectivity index (χ1v) is 8.22. The number of hydrogen-bond acceptors (Lipinski definition) is 4. The minimum atomic E-state index is -0.373. The lowest BCUT2D eigenvalue weighted by Gasteiger charge is -2.08. The van der Waals surface area contributed by atoms with Gasteiger partial charge in [0.1, 0.15) is 11.5 Å². The van der Waals surface area contributed by atoms with Gasteiger partial charge in [-0.05, 0) is 55.0 Å². The first kappa shape index (κ1) is 18.3. The van der Waals surface area contributed by atoms with Crippen LogP contribution in [0, 0.1) is 0 Å². The van der Waals surface area contributed by atoms with Crippen LogP contribution in [-0.2, 0) is 4.79 Å². The van der Waals surface area contributed by atoms with E-state index in [0.717, 1.165) is 15.8 Å². The molecule has 0 saturated carbocycles. The summed E-state index contributed by atoms with van der Waals surface area (Å²) in [7, 11) is 1.61. The number of halogens is 2. The lowest BCUT2D eigenvalue weighted by atomic mass is 10.1. The Hall–Kier alpha value is -2.05. The number of rotatable bonds is 6. The second-order valence-electron chi connectivity index (χ2n) is 4.82. The summed E-state index contributed by atoms with van der Waals surface area (Å²) in [6.07, 6.45) is 0. The van der Waals surface area contributed by atoms with E-state index in [9.17, 15) is 4.79 Å². The summed E-state index contributed by atoms with van der Waals surface area (Å²) in [5.74, 6) is 0.822. The molecule has 0 heterocycles. The zero-order valence-corrected chi connectivity index (χ0v) is 15.5. The van der Waals surface area contributed by atoms with E-state index in [1.807, 2.05) is 24.3 Å². The molecule has 0 atom stereocenters. The highest BCUT2D eigenvalue weighted by Crippen LogP contribution is 2.27. The van der Waals surface area contributed by atoms with Crippen molar-refractivity contribution < 1.29 is 14.3 Å². The van der Waals surface area contributed by atoms with Crippen molar-refractivity contribution in [1.29, 1.82) is 0 Å². The predicted octanol–water partition coefficient (Wildman–Crippen LogP) is 4.03. The molecule has 0 saturated heterocycles. The van der Waals surface area contributed by atoms with E-state index in [0.29, 0.717) is 16.5 Å². The fraction of sp³-hybridized carbons (Fsp3) is 0.176. The predicted molar refractivity (Wildman–Crippen MR) is 98.0 cm³/mol. The van der Waals surface area contributed by atoms with Crippen molar-refractivity contribution in [2.45, 2.75) is 6.92 Å². The lowest BCUT2D eigenvalue weighted by Crippen LogP contribution is -2.25. The second kappa shape index (κ2) is 8.70. The number of hydrogen-bond donors (Lipinski definition) is 1. The molecule has 0 unspecified atom stereocenters. The number of amides is 1. The molecule has 1 N–H and O–H groups in total. The van der Waals surface area contributed by atoms with Crippen molar-refractivity contribution in [1.82, 2.24) is 5.43 Å². The number of carbonyl (C=O) groups is 1. The molecule has 24 heavy (non-hydrogen) atoms. The first-order chi connectivity index (χ1) is 11.5. The molecular formula is C17H16BrClN2O3. The molecule has 0 aliphatic rings. The summed E-state index contributed by atoms with van der Waals surface area (Å²) in [6, 6.07) is 12.5. The van der Waals surface area contributed by atoms with E-state index < -0.39 is 0 Å². The Morgan fingerprint density at radius 1 is 1.25 bits per heavy atom. The summed E-state index contributed by atoms with van der Waals surface area (Å²) < 4.78 is 11.3. The van der Waals surface area contributed by atoms with Crippen LogP contribution in [0.3, 0.4) is 0 Å². The molecule has 0 radical (unpaired) electrons. The van der Waals surface area contributed by atoms with Gasteiger partial charge < -0.3 is 9.47 Å². The molecule has 2 aromatic rings. The van der Waals surface area contributed by atoms with Gasteiger partial charge in [0.15, 0.2) is 6.61 Å². The van der Waals surface area contributed by atoms with E-state index in [-0.39, 0.29) is 12.5 Å². The highest BCUT2D eigenvalue weighted by molar-refractivity contribution is 9.10. The maximum Gasteiger partial charge on any atom is 0.277 e. The van der Waals surface area contributed by atoms with Crippen LogP contribution in [0.2, 0.25) is 5.02 Å². The van der Waals surface area contributed by atoms with Crippen molar-refractivity contribution >= 4 is 39.1 Å². The number of methoxy groups -OCH3 is 1. The van der Waals surface area contributed by atoms with Crippen molar-refractivity contribution in [2.24, 2.45) is 5.10 Å². The Morgan fingerprint density at radius 2 is 1.96 bits per heavy atom. The summed E-state index contributed by atoms with van der Waals surface area (Å²) in [6.45, 7) is 1.62. The minimum Gasteiger partial charge on any atom is -0.497 e. The molecule has 0 bridgehead atoms. The van der Waals surface area contributed by atoms with Gasteiger partial charge in [0.05, 0.1) is 17.8 Å². The molecule has 2 aromatic carbocycles. The van der Waals surface area contributed by atoms with Crippen LogP contribution >= 0.6 is 27.5 Å². The van der Waals surface area contributed by atoms with Gasteiger partial charge >= 0.3 is 0 Å². The number of ether oxygens (including phenoxy) is 2. The zero-order chi connectivity index (χ0) is 17.5. The van der Waals surface area contributed by atoms with Crippen LogP contribution in [0.4, 0.5) is 0 Å². The van der Waals surface area contributed by atoms with Gasteiger partial charge in [-0.15, -0.1) is 0 Å². The van der Waals surface area contributed by atoms with Crippen LogP contribution in [0.1, 0.15) is 12.5 Å². The van der Waals surface area contributed by atoms with Crippen LogP contribution in [-0.4, -0.2) is 25.3 Å². The van der Waals surface area contributed by atoms with Crippen molar-refractivity contribution in [3.8, 4) is 11.5 Å². The molecular weight excluding hydrogens is 396 g/mol. The van der Waals surface area contributed by atoms with Gasteiger partial charge in [0, 0.05) is 4.47 Å². The Bertz CT molecular complexity index is 748. The molecule has 5 nitrogen and oxygen atoms in total. The SMILES string of the molecule is COc1ccc(/C(C)=N/NC(=O)COc2ccc(Br)cc2Cl)cc1. The van der Waals surface area contributed by atoms with Crippen molar-refractivity contribution in [3.63, 3.8) is 0 Å². The normalized spacial score (nSPS) is 11.1. The molecule has 0 spiro atoms. The fourth-order valence-corrected chi connectivity index (χ4v) is 2.54. The molecule has 2 rings (SSSR count). The third kappa shape index (κ3) is 5.25. The van der Waals surface area contributed by atoms with Gasteiger partial charge in [0.2, 0.25) is 0 Å². The molecule has 1 amide bonds. The number of hydrazone groups is 1. The quantitative estimate of drug-likeness (QED) is 0.577. The Morgan fingerprint density at radius 3 is 2.58 bits per heavy atom. The average Bonchev–Trinajstić information content (AvgIpc) is 2.59. The smallest absolute Gasteiger partial charge is 0.277 e. The zero-order valence-electron chi connectivity index (χ0n) is 13.2. The fourth-order valence-electron chi connectivity index (χ4n) is 1.81. The van der Waals surface area contributed by atoms with Crippen molar-refractivity contribution in [2.75, 3.05) is 13.7 Å². The topological polar surface area (TPSA) is 59.9 Å². The van der Waals surface area contributed by atoms with Gasteiger partial charge in [-0.1, -0.05) is 27.5 Å². The Labute approximate surface area is 153 Å². The second-order valence-corrected chi connectivity index (χ2v) is 6.15. The first-order valence-electron chi connectivity index (χ1n) is 7.05. The molecule has 7 heteroatoms. The molecule has 0 aliphatic heterocycles. The Kier molecular flexibility index (Phi) is 6.63. The number of benzene rings is 2. The average molecular weight is 412 g/mol. The summed E-state index contributed by atoms with van der Waals surface area (Å²) in [4.78, 5) is 11.8. The van der Waals surface area contributed by atoms with Crippen LogP contribution in [0.25, 0.3) is 0 Å². The van der Waals surface area contributed by atoms with Crippen LogP contribution in [0.5, 0.6) is 11.5 Å².